The fraction of sp³-hybridized carbons (Fsp3) is 0.667. The van der Waals surface area contributed by atoms with Crippen molar-refractivity contribution in [2.45, 2.75) is 24.7 Å². The normalized spacial score (nSPS) is 26.7. The maximum atomic E-state index is 9.64. The van der Waals surface area contributed by atoms with Gasteiger partial charge >= 0.3 is 0 Å². The van der Waals surface area contributed by atoms with Gasteiger partial charge in [0, 0.05) is 12.0 Å². The highest BCUT2D eigenvalue weighted by molar-refractivity contribution is 5.25. The van der Waals surface area contributed by atoms with Crippen LogP contribution < -0.4 is 0 Å². The number of aliphatic hydroxyl groups excluding tert-OH is 1. The summed E-state index contributed by atoms with van der Waals surface area (Å²) in [5.41, 5.74) is -0.0351. The molecule has 15 heavy (non-hydrogen) atoms. The van der Waals surface area contributed by atoms with Crippen LogP contribution in [-0.4, -0.2) is 24.9 Å². The van der Waals surface area contributed by atoms with E-state index in [4.69, 9.17) is 9.15 Å². The van der Waals surface area contributed by atoms with E-state index in [9.17, 15) is 5.11 Å². The molecule has 0 atom stereocenters. The van der Waals surface area contributed by atoms with Crippen LogP contribution in [0.15, 0.2) is 22.8 Å². The van der Waals surface area contributed by atoms with Crippen LogP contribution in [0.5, 0.6) is 0 Å². The van der Waals surface area contributed by atoms with Crippen LogP contribution in [0.25, 0.3) is 0 Å². The number of rotatable bonds is 3. The van der Waals surface area contributed by atoms with Gasteiger partial charge in [0.2, 0.25) is 0 Å². The van der Waals surface area contributed by atoms with Crippen LogP contribution in [-0.2, 0) is 10.2 Å². The monoisotopic (exact) mass is 208 g/mol. The van der Waals surface area contributed by atoms with E-state index in [0.717, 1.165) is 18.6 Å². The highest BCUT2D eigenvalue weighted by Crippen LogP contribution is 2.58. The largest absolute Gasteiger partial charge is 0.469 e. The van der Waals surface area contributed by atoms with Crippen molar-refractivity contribution in [3.8, 4) is 0 Å². The molecule has 1 aliphatic carbocycles. The predicted octanol–water partition coefficient (Wildman–Crippen LogP) is 1.71. The van der Waals surface area contributed by atoms with Gasteiger partial charge in [0.05, 0.1) is 24.9 Å². The Morgan fingerprint density at radius 2 is 2.13 bits per heavy atom. The van der Waals surface area contributed by atoms with E-state index in [1.54, 1.807) is 6.26 Å². The smallest absolute Gasteiger partial charge is 0.115 e. The molecular formula is C12H16O3. The molecule has 1 aromatic heterocycles. The Morgan fingerprint density at radius 3 is 2.47 bits per heavy atom. The molecule has 2 heterocycles. The zero-order chi connectivity index (χ0) is 10.4. The van der Waals surface area contributed by atoms with Crippen LogP contribution >= 0.6 is 0 Å². The van der Waals surface area contributed by atoms with Crippen molar-refractivity contribution in [1.29, 1.82) is 0 Å². The summed E-state index contributed by atoms with van der Waals surface area (Å²) in [6, 6.07) is 3.93. The minimum Gasteiger partial charge on any atom is -0.469 e. The maximum absolute atomic E-state index is 9.64. The zero-order valence-corrected chi connectivity index (χ0v) is 8.74. The van der Waals surface area contributed by atoms with Gasteiger partial charge in [-0.1, -0.05) is 6.42 Å². The van der Waals surface area contributed by atoms with Gasteiger partial charge in [-0.15, -0.1) is 0 Å². The number of aliphatic hydroxyl groups is 1. The molecule has 2 fully saturated rings. The molecule has 0 aromatic carbocycles. The first-order valence-electron chi connectivity index (χ1n) is 5.56. The van der Waals surface area contributed by atoms with E-state index < -0.39 is 0 Å². The molecular weight excluding hydrogens is 192 g/mol. The number of hydrogen-bond acceptors (Lipinski definition) is 3. The molecule has 3 heteroatoms. The highest BCUT2D eigenvalue weighted by Gasteiger charge is 2.61. The van der Waals surface area contributed by atoms with E-state index in [1.165, 1.54) is 6.42 Å². The lowest BCUT2D eigenvalue weighted by molar-refractivity contribution is -0.180. The maximum Gasteiger partial charge on any atom is 0.115 e. The quantitative estimate of drug-likeness (QED) is 0.822. The molecule has 1 saturated carbocycles. The standard InChI is InChI=1S/C12H16O3/c13-7-11(4-2-5-11)12(8-14-9-12)10-3-1-6-15-10/h1,3,6,13H,2,4-5,7-9H2. The zero-order valence-electron chi connectivity index (χ0n) is 8.74. The average molecular weight is 208 g/mol. The van der Waals surface area contributed by atoms with Crippen molar-refractivity contribution < 1.29 is 14.3 Å². The lowest BCUT2D eigenvalue weighted by Gasteiger charge is -2.58. The molecule has 1 aliphatic heterocycles. The fourth-order valence-electron chi connectivity index (χ4n) is 2.96. The van der Waals surface area contributed by atoms with Crippen LogP contribution in [0.1, 0.15) is 25.0 Å². The second-order valence-corrected chi connectivity index (χ2v) is 4.84. The molecule has 3 nitrogen and oxygen atoms in total. The van der Waals surface area contributed by atoms with Crippen LogP contribution in [0.4, 0.5) is 0 Å². The Bertz CT molecular complexity index is 328. The summed E-state index contributed by atoms with van der Waals surface area (Å²) in [4.78, 5) is 0. The Kier molecular flexibility index (Phi) is 1.94. The molecule has 2 aliphatic rings. The van der Waals surface area contributed by atoms with Gasteiger partial charge in [-0.25, -0.2) is 0 Å². The highest BCUT2D eigenvalue weighted by atomic mass is 16.5. The van der Waals surface area contributed by atoms with Gasteiger partial charge in [0.25, 0.3) is 0 Å². The summed E-state index contributed by atoms with van der Waals surface area (Å²) in [6.07, 6.45) is 5.10. The Hall–Kier alpha value is -0.800. The Balaban J connectivity index is 1.99. The lowest BCUT2D eigenvalue weighted by Crippen LogP contribution is -2.63. The molecule has 3 rings (SSSR count). The van der Waals surface area contributed by atoms with Gasteiger partial charge in [0.15, 0.2) is 0 Å². The van der Waals surface area contributed by atoms with Crippen molar-refractivity contribution >= 4 is 0 Å². The van der Waals surface area contributed by atoms with Gasteiger partial charge in [0.1, 0.15) is 5.76 Å². The molecule has 82 valence electrons. The molecule has 1 N–H and O–H groups in total. The minimum atomic E-state index is -0.0521. The second-order valence-electron chi connectivity index (χ2n) is 4.84. The topological polar surface area (TPSA) is 42.6 Å². The Labute approximate surface area is 89.0 Å². The first kappa shape index (κ1) is 9.43. The number of furan rings is 1. The molecule has 1 aromatic rings. The molecule has 0 amide bonds. The predicted molar refractivity (Wildman–Crippen MR) is 54.6 cm³/mol. The number of ether oxygens (including phenoxy) is 1. The van der Waals surface area contributed by atoms with Gasteiger partial charge in [-0.05, 0) is 25.0 Å². The summed E-state index contributed by atoms with van der Waals surface area (Å²) < 4.78 is 10.9. The second kappa shape index (κ2) is 3.09. The third-order valence-corrected chi connectivity index (χ3v) is 4.32. The lowest BCUT2D eigenvalue weighted by atomic mass is 9.51. The van der Waals surface area contributed by atoms with Crippen molar-refractivity contribution in [3.05, 3.63) is 24.2 Å². The van der Waals surface area contributed by atoms with Crippen LogP contribution in [0.2, 0.25) is 0 Å². The van der Waals surface area contributed by atoms with E-state index in [2.05, 4.69) is 0 Å². The average Bonchev–Trinajstić information content (AvgIpc) is 2.60. The fourth-order valence-corrected chi connectivity index (χ4v) is 2.96. The van der Waals surface area contributed by atoms with Gasteiger partial charge < -0.3 is 14.3 Å². The van der Waals surface area contributed by atoms with Crippen LogP contribution in [0.3, 0.4) is 0 Å². The molecule has 0 unspecified atom stereocenters. The first-order chi connectivity index (χ1) is 7.33. The van der Waals surface area contributed by atoms with Crippen molar-refractivity contribution in [3.63, 3.8) is 0 Å². The summed E-state index contributed by atoms with van der Waals surface area (Å²) >= 11 is 0. The molecule has 1 saturated heterocycles. The molecule has 0 bridgehead atoms. The van der Waals surface area contributed by atoms with Gasteiger partial charge in [-0.2, -0.15) is 0 Å². The molecule has 0 spiro atoms. The third kappa shape index (κ3) is 1.02. The minimum absolute atomic E-state index is 0.0170. The van der Waals surface area contributed by atoms with E-state index in [0.29, 0.717) is 13.2 Å². The number of hydrogen-bond donors (Lipinski definition) is 1. The van der Waals surface area contributed by atoms with Crippen LogP contribution in [0, 0.1) is 5.41 Å². The van der Waals surface area contributed by atoms with Crippen molar-refractivity contribution in [2.75, 3.05) is 19.8 Å². The summed E-state index contributed by atoms with van der Waals surface area (Å²) in [7, 11) is 0. The summed E-state index contributed by atoms with van der Waals surface area (Å²) in [6.45, 7) is 1.64. The summed E-state index contributed by atoms with van der Waals surface area (Å²) in [5, 5.41) is 9.64. The SMILES string of the molecule is OCC1(C2(c3ccco3)COC2)CCC1. The van der Waals surface area contributed by atoms with E-state index >= 15 is 0 Å². The van der Waals surface area contributed by atoms with E-state index in [-0.39, 0.29) is 17.4 Å². The van der Waals surface area contributed by atoms with Crippen molar-refractivity contribution in [2.24, 2.45) is 5.41 Å². The van der Waals surface area contributed by atoms with Crippen molar-refractivity contribution in [1.82, 2.24) is 0 Å². The summed E-state index contributed by atoms with van der Waals surface area (Å²) in [5.74, 6) is 0.988. The van der Waals surface area contributed by atoms with E-state index in [1.807, 2.05) is 12.1 Å². The third-order valence-electron chi connectivity index (χ3n) is 4.32. The first-order valence-corrected chi connectivity index (χ1v) is 5.56. The Morgan fingerprint density at radius 1 is 1.33 bits per heavy atom. The molecule has 0 radical (unpaired) electrons. The van der Waals surface area contributed by atoms with Gasteiger partial charge in [-0.3, -0.25) is 0 Å².